The van der Waals surface area contributed by atoms with E-state index in [1.54, 1.807) is 33.8 Å². The molecule has 1 aliphatic carbocycles. The summed E-state index contributed by atoms with van der Waals surface area (Å²) in [4.78, 5) is 37.5. The van der Waals surface area contributed by atoms with Gasteiger partial charge in [-0.1, -0.05) is 6.92 Å². The van der Waals surface area contributed by atoms with Gasteiger partial charge in [-0.15, -0.1) is 5.01 Å². The Hall–Kier alpha value is -2.45. The molecule has 0 aromatic rings. The summed E-state index contributed by atoms with van der Waals surface area (Å²) in [7, 11) is 1.40. The van der Waals surface area contributed by atoms with Gasteiger partial charge < -0.3 is 18.9 Å². The predicted molar refractivity (Wildman–Crippen MR) is 98.6 cm³/mol. The third-order valence-electron chi connectivity index (χ3n) is 4.34. The van der Waals surface area contributed by atoms with Crippen LogP contribution in [0.5, 0.6) is 0 Å². The molecule has 2 rings (SSSR count). The molecule has 1 heterocycles. The maximum Gasteiger partial charge on any atom is 0.436 e. The van der Waals surface area contributed by atoms with E-state index in [2.05, 4.69) is 0 Å². The molecule has 2 amide bonds. The number of nitrogens with zero attached hydrogens (tertiary/aromatic N) is 2. The van der Waals surface area contributed by atoms with Gasteiger partial charge in [0.1, 0.15) is 0 Å². The highest BCUT2D eigenvalue weighted by Gasteiger charge is 2.61. The van der Waals surface area contributed by atoms with Gasteiger partial charge >= 0.3 is 18.2 Å². The van der Waals surface area contributed by atoms with Crippen molar-refractivity contribution >= 4 is 18.2 Å². The van der Waals surface area contributed by atoms with Crippen molar-refractivity contribution in [2.24, 2.45) is 11.8 Å². The van der Waals surface area contributed by atoms with Gasteiger partial charge in [-0.2, -0.15) is 0 Å². The van der Waals surface area contributed by atoms with E-state index < -0.39 is 18.2 Å². The van der Waals surface area contributed by atoms with Crippen LogP contribution in [0.1, 0.15) is 47.5 Å². The SMILES string of the molecule is CCCOC(=O)C[C@@H]1[C@@H]2C=C(OC)N(C(=O)OC(C)C)N(C(=O)OC(C)C)[C@@H]21. The van der Waals surface area contributed by atoms with Crippen LogP contribution in [0.25, 0.3) is 0 Å². The average Bonchev–Trinajstić information content (AvgIpc) is 3.28. The van der Waals surface area contributed by atoms with Crippen LogP contribution < -0.4 is 0 Å². The summed E-state index contributed by atoms with van der Waals surface area (Å²) in [6.07, 6.45) is 0.408. The largest absolute Gasteiger partial charge is 0.481 e. The fourth-order valence-corrected chi connectivity index (χ4v) is 3.19. The number of fused-ring (bicyclic) bond motifs is 1. The molecule has 0 spiro atoms. The number of hydrogen-bond donors (Lipinski definition) is 0. The van der Waals surface area contributed by atoms with Crippen LogP contribution in [-0.2, 0) is 23.7 Å². The quantitative estimate of drug-likeness (QED) is 0.480. The van der Waals surface area contributed by atoms with Gasteiger partial charge in [-0.3, -0.25) is 4.79 Å². The molecule has 9 heteroatoms. The highest BCUT2D eigenvalue weighted by molar-refractivity contribution is 5.78. The van der Waals surface area contributed by atoms with Crippen LogP contribution in [0.4, 0.5) is 9.59 Å². The van der Waals surface area contributed by atoms with Crippen molar-refractivity contribution in [2.75, 3.05) is 13.7 Å². The number of ether oxygens (including phenoxy) is 4. The van der Waals surface area contributed by atoms with Gasteiger partial charge in [-0.25, -0.2) is 14.6 Å². The highest BCUT2D eigenvalue weighted by atomic mass is 16.6. The Labute approximate surface area is 165 Å². The van der Waals surface area contributed by atoms with E-state index in [1.165, 1.54) is 12.1 Å². The summed E-state index contributed by atoms with van der Waals surface area (Å²) >= 11 is 0. The maximum absolute atomic E-state index is 12.8. The third kappa shape index (κ3) is 4.88. The van der Waals surface area contributed by atoms with Crippen LogP contribution >= 0.6 is 0 Å². The molecule has 28 heavy (non-hydrogen) atoms. The summed E-state index contributed by atoms with van der Waals surface area (Å²) in [6.45, 7) is 9.12. The second-order valence-corrected chi connectivity index (χ2v) is 7.39. The summed E-state index contributed by atoms with van der Waals surface area (Å²) in [6, 6.07) is -0.404. The first-order chi connectivity index (χ1) is 13.2. The fraction of sp³-hybridized carbons (Fsp3) is 0.737. The molecule has 1 saturated carbocycles. The number of carbonyl (C=O) groups excluding carboxylic acids is 3. The first kappa shape index (κ1) is 21.8. The second kappa shape index (κ2) is 9.16. The standard InChI is InChI=1S/C19H30N2O7/c1-7-8-26-16(22)10-14-13-9-15(25-6)20(18(23)27-11(2)3)21(17(13)14)19(24)28-12(4)5/h9,11-14,17H,7-8,10H2,1-6H3/t13-,14+,17-/m0/s1. The molecule has 0 bridgehead atoms. The van der Waals surface area contributed by atoms with Crippen LogP contribution in [0, 0.1) is 11.8 Å². The summed E-state index contributed by atoms with van der Waals surface area (Å²) < 4.78 is 21.1. The monoisotopic (exact) mass is 398 g/mol. The molecule has 9 nitrogen and oxygen atoms in total. The maximum atomic E-state index is 12.8. The van der Waals surface area contributed by atoms with E-state index in [9.17, 15) is 14.4 Å². The summed E-state index contributed by atoms with van der Waals surface area (Å²) in [5, 5.41) is 2.25. The van der Waals surface area contributed by atoms with E-state index in [-0.39, 0.29) is 42.3 Å². The van der Waals surface area contributed by atoms with Crippen molar-refractivity contribution < 1.29 is 33.3 Å². The van der Waals surface area contributed by atoms with Crippen molar-refractivity contribution in [2.45, 2.75) is 65.7 Å². The van der Waals surface area contributed by atoms with Crippen molar-refractivity contribution in [1.82, 2.24) is 10.0 Å². The molecular weight excluding hydrogens is 368 g/mol. The van der Waals surface area contributed by atoms with E-state index in [1.807, 2.05) is 6.92 Å². The van der Waals surface area contributed by atoms with E-state index in [0.717, 1.165) is 11.4 Å². The Balaban J connectivity index is 2.27. The van der Waals surface area contributed by atoms with Gasteiger partial charge in [0.25, 0.3) is 0 Å². The van der Waals surface area contributed by atoms with Crippen LogP contribution in [0.2, 0.25) is 0 Å². The molecule has 0 aromatic heterocycles. The lowest BCUT2D eigenvalue weighted by Crippen LogP contribution is -2.54. The zero-order valence-corrected chi connectivity index (χ0v) is 17.3. The first-order valence-electron chi connectivity index (χ1n) is 9.63. The Morgan fingerprint density at radius 3 is 2.21 bits per heavy atom. The molecule has 2 aliphatic rings. The molecule has 0 radical (unpaired) electrons. The van der Waals surface area contributed by atoms with Crippen LogP contribution in [0.3, 0.4) is 0 Å². The molecule has 0 saturated heterocycles. The Morgan fingerprint density at radius 2 is 1.68 bits per heavy atom. The van der Waals surface area contributed by atoms with E-state index in [4.69, 9.17) is 18.9 Å². The normalized spacial score (nSPS) is 23.1. The number of hydrazine groups is 1. The lowest BCUT2D eigenvalue weighted by Gasteiger charge is -2.36. The lowest BCUT2D eigenvalue weighted by molar-refractivity contribution is -0.144. The van der Waals surface area contributed by atoms with Crippen molar-refractivity contribution in [3.05, 3.63) is 12.0 Å². The van der Waals surface area contributed by atoms with Crippen LogP contribution in [0.15, 0.2) is 12.0 Å². The van der Waals surface area contributed by atoms with E-state index in [0.29, 0.717) is 6.61 Å². The van der Waals surface area contributed by atoms with Gasteiger partial charge in [-0.05, 0) is 40.2 Å². The highest BCUT2D eigenvalue weighted by Crippen LogP contribution is 2.51. The minimum Gasteiger partial charge on any atom is -0.481 e. The van der Waals surface area contributed by atoms with Crippen molar-refractivity contribution in [3.8, 4) is 0 Å². The average molecular weight is 398 g/mol. The number of amides is 2. The number of methoxy groups -OCH3 is 1. The van der Waals surface area contributed by atoms with E-state index >= 15 is 0 Å². The van der Waals surface area contributed by atoms with Crippen LogP contribution in [-0.4, -0.2) is 60.1 Å². The Morgan fingerprint density at radius 1 is 1.07 bits per heavy atom. The molecule has 0 N–H and O–H groups in total. The number of esters is 1. The first-order valence-corrected chi connectivity index (χ1v) is 9.63. The van der Waals surface area contributed by atoms with Crippen molar-refractivity contribution in [3.63, 3.8) is 0 Å². The van der Waals surface area contributed by atoms with Gasteiger partial charge in [0.05, 0.1) is 38.4 Å². The molecule has 1 fully saturated rings. The van der Waals surface area contributed by atoms with Gasteiger partial charge in [0, 0.05) is 11.8 Å². The zero-order chi connectivity index (χ0) is 21.0. The topological polar surface area (TPSA) is 94.6 Å². The molecule has 0 unspecified atom stereocenters. The number of carbonyl (C=O) groups is 3. The lowest BCUT2D eigenvalue weighted by atomic mass is 10.2. The second-order valence-electron chi connectivity index (χ2n) is 7.39. The third-order valence-corrected chi connectivity index (χ3v) is 4.34. The summed E-state index contributed by atoms with van der Waals surface area (Å²) in [5.41, 5.74) is 0. The molecule has 3 atom stereocenters. The molecule has 1 aliphatic heterocycles. The Kier molecular flexibility index (Phi) is 7.15. The smallest absolute Gasteiger partial charge is 0.436 e. The minimum absolute atomic E-state index is 0.132. The number of rotatable bonds is 7. The minimum atomic E-state index is -0.749. The summed E-state index contributed by atoms with van der Waals surface area (Å²) in [5.74, 6) is -0.489. The van der Waals surface area contributed by atoms with Gasteiger partial charge in [0.2, 0.25) is 5.88 Å². The zero-order valence-electron chi connectivity index (χ0n) is 17.3. The van der Waals surface area contributed by atoms with Gasteiger partial charge in [0.15, 0.2) is 0 Å². The molecule has 0 aromatic carbocycles. The Bertz CT molecular complexity index is 632. The molecule has 158 valence electrons. The van der Waals surface area contributed by atoms with Crippen molar-refractivity contribution in [1.29, 1.82) is 0 Å². The number of hydrogen-bond acceptors (Lipinski definition) is 7. The molecular formula is C19H30N2O7. The fourth-order valence-electron chi connectivity index (χ4n) is 3.19. The predicted octanol–water partition coefficient (Wildman–Crippen LogP) is 3.05.